The zero-order valence-corrected chi connectivity index (χ0v) is 14.0. The average molecular weight is 386 g/mol. The second-order valence-corrected chi connectivity index (χ2v) is 7.34. The molecule has 2 aromatic rings. The maximum Gasteiger partial charge on any atom is 0.264 e. The van der Waals surface area contributed by atoms with E-state index in [0.717, 1.165) is 0 Å². The number of nitrogens with one attached hydrogen (secondary N) is 1. The van der Waals surface area contributed by atoms with E-state index >= 15 is 0 Å². The first kappa shape index (κ1) is 16.5. The van der Waals surface area contributed by atoms with Crippen LogP contribution in [-0.2, 0) is 10.0 Å². The van der Waals surface area contributed by atoms with Gasteiger partial charge in [0.05, 0.1) is 26.4 Å². The lowest BCUT2D eigenvalue weighted by Gasteiger charge is -2.12. The largest absolute Gasteiger partial charge is 0.398 e. The topological polar surface area (TPSA) is 72.2 Å². The molecule has 2 aromatic carbocycles. The maximum absolute atomic E-state index is 12.3. The third kappa shape index (κ3) is 3.67. The van der Waals surface area contributed by atoms with Gasteiger partial charge in [0.2, 0.25) is 0 Å². The fourth-order valence-electron chi connectivity index (χ4n) is 1.54. The summed E-state index contributed by atoms with van der Waals surface area (Å²) in [5.41, 5.74) is 5.81. The molecule has 21 heavy (non-hydrogen) atoms. The number of anilines is 2. The molecule has 0 heterocycles. The predicted molar refractivity (Wildman–Crippen MR) is 88.1 cm³/mol. The lowest BCUT2D eigenvalue weighted by molar-refractivity contribution is 0.601. The molecule has 0 saturated carbocycles. The number of rotatable bonds is 3. The van der Waals surface area contributed by atoms with Crippen LogP contribution in [-0.4, -0.2) is 8.42 Å². The molecule has 0 aliphatic heterocycles. The zero-order valence-electron chi connectivity index (χ0n) is 10.2. The van der Waals surface area contributed by atoms with E-state index in [-0.39, 0.29) is 36.4 Å². The first-order valence-electron chi connectivity index (χ1n) is 5.43. The highest BCUT2D eigenvalue weighted by Gasteiger charge is 2.20. The molecule has 0 aliphatic carbocycles. The molecule has 0 aliphatic rings. The van der Waals surface area contributed by atoms with Gasteiger partial charge >= 0.3 is 0 Å². The Bertz CT molecular complexity index is 809. The van der Waals surface area contributed by atoms with Crippen LogP contribution in [0.15, 0.2) is 35.2 Å². The summed E-state index contributed by atoms with van der Waals surface area (Å²) < 4.78 is 27.0. The summed E-state index contributed by atoms with van der Waals surface area (Å²) in [5, 5.41) is 0.725. The number of nitrogen functional groups attached to an aromatic ring is 1. The van der Waals surface area contributed by atoms with E-state index in [9.17, 15) is 8.42 Å². The minimum atomic E-state index is -3.96. The number of hydrogen-bond acceptors (Lipinski definition) is 3. The Hall–Kier alpha value is -0.850. The highest BCUT2D eigenvalue weighted by atomic mass is 35.5. The Morgan fingerprint density at radius 1 is 0.905 bits per heavy atom. The lowest BCUT2D eigenvalue weighted by atomic mass is 10.3. The molecule has 9 heteroatoms. The zero-order chi connectivity index (χ0) is 15.8. The van der Waals surface area contributed by atoms with Crippen molar-refractivity contribution < 1.29 is 8.42 Å². The van der Waals surface area contributed by atoms with Gasteiger partial charge in [-0.15, -0.1) is 0 Å². The van der Waals surface area contributed by atoms with E-state index in [1.807, 2.05) is 0 Å². The van der Waals surface area contributed by atoms with Crippen LogP contribution >= 0.6 is 46.4 Å². The average Bonchev–Trinajstić information content (AvgIpc) is 2.38. The number of halogens is 4. The molecule has 0 aromatic heterocycles. The van der Waals surface area contributed by atoms with Crippen molar-refractivity contribution in [3.63, 3.8) is 0 Å². The number of benzene rings is 2. The van der Waals surface area contributed by atoms with Crippen molar-refractivity contribution >= 4 is 67.8 Å². The Balaban J connectivity index is 2.47. The van der Waals surface area contributed by atoms with Crippen LogP contribution in [0.25, 0.3) is 0 Å². The van der Waals surface area contributed by atoms with E-state index in [2.05, 4.69) is 4.72 Å². The van der Waals surface area contributed by atoms with Gasteiger partial charge in [-0.3, -0.25) is 4.72 Å². The number of hydrogen-bond donors (Lipinski definition) is 2. The SMILES string of the molecule is Nc1ccc(Cl)cc1S(=O)(=O)Nc1cc(Cl)c(Cl)cc1Cl. The van der Waals surface area contributed by atoms with Gasteiger partial charge in [-0.25, -0.2) is 8.42 Å². The van der Waals surface area contributed by atoms with Crippen molar-refractivity contribution in [3.8, 4) is 0 Å². The van der Waals surface area contributed by atoms with E-state index < -0.39 is 10.0 Å². The lowest BCUT2D eigenvalue weighted by Crippen LogP contribution is -2.15. The Morgan fingerprint density at radius 3 is 2.19 bits per heavy atom. The molecule has 3 N–H and O–H groups in total. The normalized spacial score (nSPS) is 11.4. The van der Waals surface area contributed by atoms with Gasteiger partial charge < -0.3 is 5.73 Å². The van der Waals surface area contributed by atoms with Gasteiger partial charge in [-0.05, 0) is 30.3 Å². The second kappa shape index (κ2) is 6.10. The van der Waals surface area contributed by atoms with Gasteiger partial charge in [-0.1, -0.05) is 46.4 Å². The molecule has 0 radical (unpaired) electrons. The van der Waals surface area contributed by atoms with Crippen molar-refractivity contribution in [1.29, 1.82) is 0 Å². The maximum atomic E-state index is 12.3. The van der Waals surface area contributed by atoms with Crippen LogP contribution in [0.1, 0.15) is 0 Å². The Kier molecular flexibility index (Phi) is 4.80. The molecule has 0 bridgehead atoms. The molecule has 0 amide bonds. The fourth-order valence-corrected chi connectivity index (χ4v) is 3.66. The standard InChI is InChI=1S/C12H8Cl4N2O2S/c13-6-1-2-10(17)12(3-6)21(19,20)18-11-5-8(15)7(14)4-9(11)16/h1-5,18H,17H2. The minimum Gasteiger partial charge on any atom is -0.398 e. The quantitative estimate of drug-likeness (QED) is 0.594. The van der Waals surface area contributed by atoms with Crippen molar-refractivity contribution in [2.45, 2.75) is 4.90 Å². The monoisotopic (exact) mass is 384 g/mol. The third-order valence-electron chi connectivity index (χ3n) is 2.52. The molecule has 0 fully saturated rings. The second-order valence-electron chi connectivity index (χ2n) is 4.03. The summed E-state index contributed by atoms with van der Waals surface area (Å²) in [6.45, 7) is 0. The van der Waals surface area contributed by atoms with E-state index in [1.54, 1.807) is 0 Å². The smallest absolute Gasteiger partial charge is 0.264 e. The molecule has 0 spiro atoms. The summed E-state index contributed by atoms with van der Waals surface area (Å²) >= 11 is 23.4. The highest BCUT2D eigenvalue weighted by molar-refractivity contribution is 7.93. The van der Waals surface area contributed by atoms with Crippen LogP contribution in [0.2, 0.25) is 20.1 Å². The number of sulfonamides is 1. The molecular weight excluding hydrogens is 378 g/mol. The first-order valence-corrected chi connectivity index (χ1v) is 8.42. The molecule has 0 saturated heterocycles. The van der Waals surface area contributed by atoms with E-state index in [1.165, 1.54) is 30.3 Å². The predicted octanol–water partition coefficient (Wildman–Crippen LogP) is 4.68. The molecule has 4 nitrogen and oxygen atoms in total. The summed E-state index contributed by atoms with van der Waals surface area (Å²) in [6.07, 6.45) is 0. The molecule has 0 unspecified atom stereocenters. The summed E-state index contributed by atoms with van der Waals surface area (Å²) in [5.74, 6) is 0. The molecule has 2 rings (SSSR count). The van der Waals surface area contributed by atoms with Crippen LogP contribution in [0.5, 0.6) is 0 Å². The summed E-state index contributed by atoms with van der Waals surface area (Å²) in [7, 11) is -3.96. The Morgan fingerprint density at radius 2 is 1.52 bits per heavy atom. The summed E-state index contributed by atoms with van der Waals surface area (Å²) in [4.78, 5) is -0.155. The minimum absolute atomic E-state index is 0.0584. The molecular formula is C12H8Cl4N2O2S. The van der Waals surface area contributed by atoms with Crippen LogP contribution < -0.4 is 10.5 Å². The fraction of sp³-hybridized carbons (Fsp3) is 0. The van der Waals surface area contributed by atoms with Gasteiger partial charge in [0.15, 0.2) is 0 Å². The highest BCUT2D eigenvalue weighted by Crippen LogP contribution is 2.34. The van der Waals surface area contributed by atoms with Gasteiger partial charge in [0, 0.05) is 5.02 Å². The first-order chi connectivity index (χ1) is 9.70. The van der Waals surface area contributed by atoms with Crippen molar-refractivity contribution in [1.82, 2.24) is 0 Å². The van der Waals surface area contributed by atoms with Crippen molar-refractivity contribution in [3.05, 3.63) is 50.4 Å². The third-order valence-corrected chi connectivity index (χ3v) is 5.21. The number of nitrogens with two attached hydrogens (primary N) is 1. The van der Waals surface area contributed by atoms with Crippen LogP contribution in [0.4, 0.5) is 11.4 Å². The van der Waals surface area contributed by atoms with Crippen molar-refractivity contribution in [2.24, 2.45) is 0 Å². The van der Waals surface area contributed by atoms with Gasteiger partial charge in [0.25, 0.3) is 10.0 Å². The van der Waals surface area contributed by atoms with Crippen LogP contribution in [0.3, 0.4) is 0 Å². The molecule has 0 atom stereocenters. The van der Waals surface area contributed by atoms with Gasteiger partial charge in [-0.2, -0.15) is 0 Å². The van der Waals surface area contributed by atoms with E-state index in [4.69, 9.17) is 52.1 Å². The van der Waals surface area contributed by atoms with Crippen molar-refractivity contribution in [2.75, 3.05) is 10.5 Å². The summed E-state index contributed by atoms with van der Waals surface area (Å²) in [6, 6.07) is 6.77. The van der Waals surface area contributed by atoms with Crippen LogP contribution in [0, 0.1) is 0 Å². The van der Waals surface area contributed by atoms with Gasteiger partial charge in [0.1, 0.15) is 4.90 Å². The Labute approximate surface area is 141 Å². The van der Waals surface area contributed by atoms with E-state index in [0.29, 0.717) is 0 Å². The molecule has 112 valence electrons.